The van der Waals surface area contributed by atoms with Gasteiger partial charge in [0.1, 0.15) is 0 Å². The molecule has 2 N–H and O–H groups in total. The number of carbonyl (C=O) groups is 1. The minimum atomic E-state index is 0.0605. The van der Waals surface area contributed by atoms with Crippen LogP contribution in [0.25, 0.3) is 0 Å². The van der Waals surface area contributed by atoms with Gasteiger partial charge in [-0.2, -0.15) is 0 Å². The van der Waals surface area contributed by atoms with Crippen molar-refractivity contribution >= 4 is 11.6 Å². The van der Waals surface area contributed by atoms with Gasteiger partial charge in [-0.1, -0.05) is 19.8 Å². The average Bonchev–Trinajstić information content (AvgIpc) is 3.23. The van der Waals surface area contributed by atoms with E-state index in [2.05, 4.69) is 17.6 Å². The maximum absolute atomic E-state index is 11.9. The molecule has 108 valence electrons. The molecule has 3 heteroatoms. The highest BCUT2D eigenvalue weighted by Gasteiger charge is 2.23. The first kappa shape index (κ1) is 13.5. The third kappa shape index (κ3) is 3.53. The third-order valence-corrected chi connectivity index (χ3v) is 4.37. The predicted octanol–water partition coefficient (Wildman–Crippen LogP) is 3.57. The molecule has 0 saturated heterocycles. The van der Waals surface area contributed by atoms with Crippen LogP contribution in [0.3, 0.4) is 0 Å². The molecule has 1 amide bonds. The molecule has 2 fully saturated rings. The zero-order chi connectivity index (χ0) is 13.9. The molecular weight excluding hydrogens is 248 g/mol. The van der Waals surface area contributed by atoms with Gasteiger partial charge < -0.3 is 10.6 Å². The van der Waals surface area contributed by atoms with Crippen molar-refractivity contribution in [2.24, 2.45) is 5.92 Å². The molecule has 1 aromatic rings. The molecule has 2 aliphatic rings. The van der Waals surface area contributed by atoms with Crippen molar-refractivity contribution in [2.75, 3.05) is 5.32 Å². The SMILES string of the molecule is CC1CCCC(Nc2ccc(C(=O)NC3CC3)cc2)C1. The van der Waals surface area contributed by atoms with E-state index in [1.54, 1.807) is 0 Å². The topological polar surface area (TPSA) is 41.1 Å². The summed E-state index contributed by atoms with van der Waals surface area (Å²) in [5.74, 6) is 0.884. The zero-order valence-electron chi connectivity index (χ0n) is 12.2. The molecule has 2 unspecified atom stereocenters. The Kier molecular flexibility index (Phi) is 3.95. The number of hydrogen-bond donors (Lipinski definition) is 2. The van der Waals surface area contributed by atoms with Crippen LogP contribution in [0.15, 0.2) is 24.3 Å². The van der Waals surface area contributed by atoms with Gasteiger partial charge in [0.25, 0.3) is 5.91 Å². The van der Waals surface area contributed by atoms with E-state index < -0.39 is 0 Å². The Labute approximate surface area is 121 Å². The van der Waals surface area contributed by atoms with E-state index in [1.807, 2.05) is 24.3 Å². The van der Waals surface area contributed by atoms with Gasteiger partial charge in [-0.05, 0) is 55.9 Å². The van der Waals surface area contributed by atoms with E-state index in [0.29, 0.717) is 12.1 Å². The highest BCUT2D eigenvalue weighted by atomic mass is 16.1. The number of benzene rings is 1. The van der Waals surface area contributed by atoms with Crippen LogP contribution in [0.4, 0.5) is 5.69 Å². The van der Waals surface area contributed by atoms with Crippen LogP contribution >= 0.6 is 0 Å². The van der Waals surface area contributed by atoms with Gasteiger partial charge in [0.15, 0.2) is 0 Å². The summed E-state index contributed by atoms with van der Waals surface area (Å²) in [4.78, 5) is 11.9. The number of carbonyl (C=O) groups excluding carboxylic acids is 1. The summed E-state index contributed by atoms with van der Waals surface area (Å²) in [7, 11) is 0. The molecule has 0 aliphatic heterocycles. The molecule has 3 nitrogen and oxygen atoms in total. The first-order valence-corrected chi connectivity index (χ1v) is 7.88. The maximum Gasteiger partial charge on any atom is 0.251 e. The zero-order valence-corrected chi connectivity index (χ0v) is 12.2. The minimum Gasteiger partial charge on any atom is -0.382 e. The van der Waals surface area contributed by atoms with Crippen LogP contribution < -0.4 is 10.6 Å². The van der Waals surface area contributed by atoms with E-state index in [-0.39, 0.29) is 5.91 Å². The van der Waals surface area contributed by atoms with Gasteiger partial charge in [-0.25, -0.2) is 0 Å². The molecule has 0 heterocycles. The number of anilines is 1. The van der Waals surface area contributed by atoms with Crippen LogP contribution in [-0.2, 0) is 0 Å². The summed E-state index contributed by atoms with van der Waals surface area (Å²) in [5, 5.41) is 6.62. The fraction of sp³-hybridized carbons (Fsp3) is 0.588. The van der Waals surface area contributed by atoms with Crippen LogP contribution in [0, 0.1) is 5.92 Å². The lowest BCUT2D eigenvalue weighted by atomic mass is 9.87. The van der Waals surface area contributed by atoms with Crippen molar-refractivity contribution in [2.45, 2.75) is 57.5 Å². The van der Waals surface area contributed by atoms with Crippen molar-refractivity contribution in [1.29, 1.82) is 0 Å². The molecule has 0 aromatic heterocycles. The summed E-state index contributed by atoms with van der Waals surface area (Å²) in [6.45, 7) is 2.33. The molecule has 0 bridgehead atoms. The van der Waals surface area contributed by atoms with Crippen LogP contribution in [-0.4, -0.2) is 18.0 Å². The molecule has 0 radical (unpaired) electrons. The number of rotatable bonds is 4. The molecular formula is C17H24N2O. The molecule has 2 atom stereocenters. The van der Waals surface area contributed by atoms with Crippen molar-refractivity contribution in [3.63, 3.8) is 0 Å². The van der Waals surface area contributed by atoms with Crippen molar-refractivity contribution in [1.82, 2.24) is 5.32 Å². The minimum absolute atomic E-state index is 0.0605. The molecule has 0 spiro atoms. The second kappa shape index (κ2) is 5.86. The Bertz CT molecular complexity index is 464. The second-order valence-corrected chi connectivity index (χ2v) is 6.44. The fourth-order valence-electron chi connectivity index (χ4n) is 3.02. The van der Waals surface area contributed by atoms with Gasteiger partial charge in [-0.15, -0.1) is 0 Å². The summed E-state index contributed by atoms with van der Waals surface area (Å²) >= 11 is 0. The van der Waals surface area contributed by atoms with E-state index in [1.165, 1.54) is 25.7 Å². The predicted molar refractivity (Wildman–Crippen MR) is 82.0 cm³/mol. The first-order valence-electron chi connectivity index (χ1n) is 7.88. The Morgan fingerprint density at radius 2 is 1.80 bits per heavy atom. The van der Waals surface area contributed by atoms with E-state index in [9.17, 15) is 4.79 Å². The van der Waals surface area contributed by atoms with Gasteiger partial charge in [0.05, 0.1) is 0 Å². The van der Waals surface area contributed by atoms with E-state index in [4.69, 9.17) is 0 Å². The Hall–Kier alpha value is -1.51. The highest BCUT2D eigenvalue weighted by Crippen LogP contribution is 2.26. The van der Waals surface area contributed by atoms with Gasteiger partial charge >= 0.3 is 0 Å². The second-order valence-electron chi connectivity index (χ2n) is 6.44. The summed E-state index contributed by atoms with van der Waals surface area (Å²) in [5.41, 5.74) is 1.89. The highest BCUT2D eigenvalue weighted by molar-refractivity contribution is 5.94. The van der Waals surface area contributed by atoms with Crippen LogP contribution in [0.1, 0.15) is 55.8 Å². The Balaban J connectivity index is 1.56. The van der Waals surface area contributed by atoms with Gasteiger partial charge in [-0.3, -0.25) is 4.79 Å². The molecule has 2 saturated carbocycles. The third-order valence-electron chi connectivity index (χ3n) is 4.37. The Morgan fingerprint density at radius 1 is 1.05 bits per heavy atom. The number of nitrogens with one attached hydrogen (secondary N) is 2. The maximum atomic E-state index is 11.9. The normalized spacial score (nSPS) is 26.1. The Morgan fingerprint density at radius 3 is 2.45 bits per heavy atom. The van der Waals surface area contributed by atoms with Crippen molar-refractivity contribution in [3.8, 4) is 0 Å². The largest absolute Gasteiger partial charge is 0.382 e. The standard InChI is InChI=1S/C17H24N2O/c1-12-3-2-4-16(11-12)18-14-7-5-13(6-8-14)17(20)19-15-9-10-15/h5-8,12,15-16,18H,2-4,9-11H2,1H3,(H,19,20). The number of hydrogen-bond acceptors (Lipinski definition) is 2. The molecule has 20 heavy (non-hydrogen) atoms. The van der Waals surface area contributed by atoms with Crippen molar-refractivity contribution < 1.29 is 4.79 Å². The monoisotopic (exact) mass is 272 g/mol. The summed E-state index contributed by atoms with van der Waals surface area (Å²) < 4.78 is 0. The van der Waals surface area contributed by atoms with Crippen LogP contribution in [0.2, 0.25) is 0 Å². The fourth-order valence-corrected chi connectivity index (χ4v) is 3.02. The smallest absolute Gasteiger partial charge is 0.251 e. The summed E-state index contributed by atoms with van der Waals surface area (Å²) in [6, 6.07) is 8.91. The van der Waals surface area contributed by atoms with Crippen molar-refractivity contribution in [3.05, 3.63) is 29.8 Å². The average molecular weight is 272 g/mol. The quantitative estimate of drug-likeness (QED) is 0.879. The van der Waals surface area contributed by atoms with E-state index >= 15 is 0 Å². The van der Waals surface area contributed by atoms with Crippen LogP contribution in [0.5, 0.6) is 0 Å². The molecule has 2 aliphatic carbocycles. The summed E-state index contributed by atoms with van der Waals surface area (Å²) in [6.07, 6.45) is 7.45. The first-order chi connectivity index (χ1) is 9.70. The lowest BCUT2D eigenvalue weighted by Gasteiger charge is -2.28. The lowest BCUT2D eigenvalue weighted by molar-refractivity contribution is 0.0951. The molecule has 3 rings (SSSR count). The molecule has 1 aromatic carbocycles. The van der Waals surface area contributed by atoms with Gasteiger partial charge in [0.2, 0.25) is 0 Å². The van der Waals surface area contributed by atoms with Gasteiger partial charge in [0, 0.05) is 23.3 Å². The number of amides is 1. The lowest BCUT2D eigenvalue weighted by Crippen LogP contribution is -2.26. The van der Waals surface area contributed by atoms with E-state index in [0.717, 1.165) is 30.0 Å².